The second-order valence-electron chi connectivity index (χ2n) is 7.57. The quantitative estimate of drug-likeness (QED) is 0.601. The van der Waals surface area contributed by atoms with Gasteiger partial charge in [0.25, 0.3) is 0 Å². The number of fused-ring (bicyclic) bond motifs is 2. The highest BCUT2D eigenvalue weighted by molar-refractivity contribution is 6.15. The highest BCUT2D eigenvalue weighted by Crippen LogP contribution is 2.43. The Labute approximate surface area is 169 Å². The zero-order valence-corrected chi connectivity index (χ0v) is 16.4. The van der Waals surface area contributed by atoms with Crippen molar-refractivity contribution in [3.05, 3.63) is 88.1 Å². The van der Waals surface area contributed by atoms with Crippen molar-refractivity contribution in [1.82, 2.24) is 4.90 Å². The van der Waals surface area contributed by atoms with Crippen molar-refractivity contribution < 1.29 is 18.7 Å². The van der Waals surface area contributed by atoms with E-state index in [-0.39, 0.29) is 11.5 Å². The average molecular weight is 387 g/mol. The van der Waals surface area contributed by atoms with Gasteiger partial charge in [0.05, 0.1) is 11.8 Å². The fraction of sp³-hybridized carbons (Fsp3) is 0.208. The van der Waals surface area contributed by atoms with Gasteiger partial charge < -0.3 is 13.9 Å². The summed E-state index contributed by atoms with van der Waals surface area (Å²) in [4.78, 5) is 15.1. The number of allylic oxidation sites excluding steroid dienone is 1. The fourth-order valence-corrected chi connectivity index (χ4v) is 3.85. The van der Waals surface area contributed by atoms with E-state index in [1.165, 1.54) is 11.1 Å². The van der Waals surface area contributed by atoms with Crippen LogP contribution in [0.1, 0.15) is 38.4 Å². The Balaban J connectivity index is 1.42. The molecule has 3 aromatic rings. The number of furan rings is 1. The molecule has 5 rings (SSSR count). The average Bonchev–Trinajstić information content (AvgIpc) is 3.33. The minimum atomic E-state index is -0.127. The van der Waals surface area contributed by atoms with Crippen LogP contribution in [0.25, 0.3) is 6.08 Å². The van der Waals surface area contributed by atoms with E-state index in [2.05, 4.69) is 36.1 Å². The number of carbonyl (C=O) groups is 1. The number of benzene rings is 2. The van der Waals surface area contributed by atoms with Crippen molar-refractivity contribution in [3.63, 3.8) is 0 Å². The molecule has 2 aromatic carbocycles. The Morgan fingerprint density at radius 2 is 1.93 bits per heavy atom. The summed E-state index contributed by atoms with van der Waals surface area (Å²) in [5, 5.41) is 0. The Morgan fingerprint density at radius 3 is 2.69 bits per heavy atom. The summed E-state index contributed by atoms with van der Waals surface area (Å²) in [6.45, 7) is 6.05. The van der Waals surface area contributed by atoms with E-state index in [4.69, 9.17) is 13.9 Å². The molecule has 2 aliphatic heterocycles. The lowest BCUT2D eigenvalue weighted by Crippen LogP contribution is -2.32. The standard InChI is InChI=1S/C24H21NO4/c1-15-5-7-17(8-6-15)12-25-13-18-10-20-22(26)21(11-19-4-3-9-27-19)29-24(20)16(2)23(18)28-14-25/h3-11H,12-14H2,1-2H3/b21-11-. The largest absolute Gasteiger partial charge is 0.477 e. The van der Waals surface area contributed by atoms with Crippen molar-refractivity contribution in [2.24, 2.45) is 0 Å². The topological polar surface area (TPSA) is 51.9 Å². The monoisotopic (exact) mass is 387 g/mol. The number of aryl methyl sites for hydroxylation is 1. The molecule has 29 heavy (non-hydrogen) atoms. The third-order valence-corrected chi connectivity index (χ3v) is 5.35. The van der Waals surface area contributed by atoms with Crippen molar-refractivity contribution in [2.45, 2.75) is 26.9 Å². The summed E-state index contributed by atoms with van der Waals surface area (Å²) in [6, 6.07) is 14.0. The van der Waals surface area contributed by atoms with Crippen LogP contribution in [0.2, 0.25) is 0 Å². The van der Waals surface area contributed by atoms with Crippen molar-refractivity contribution in [1.29, 1.82) is 0 Å². The van der Waals surface area contributed by atoms with Crippen LogP contribution in [0.15, 0.2) is 58.9 Å². The molecule has 0 fully saturated rings. The second-order valence-corrected chi connectivity index (χ2v) is 7.57. The Morgan fingerprint density at radius 1 is 1.10 bits per heavy atom. The lowest BCUT2D eigenvalue weighted by Gasteiger charge is -2.30. The van der Waals surface area contributed by atoms with Crippen LogP contribution in [0.5, 0.6) is 11.5 Å². The van der Waals surface area contributed by atoms with Gasteiger partial charge in [-0.05, 0) is 37.6 Å². The molecule has 0 bridgehead atoms. The minimum Gasteiger partial charge on any atom is -0.477 e. The molecule has 0 atom stereocenters. The number of ketones is 1. The van der Waals surface area contributed by atoms with Gasteiger partial charge in [-0.3, -0.25) is 9.69 Å². The number of Topliss-reactive ketones (excluding diaryl/α,β-unsaturated/α-hetero) is 1. The normalized spacial score (nSPS) is 17.0. The Bertz CT molecular complexity index is 1110. The Kier molecular flexibility index (Phi) is 4.25. The first-order valence-electron chi connectivity index (χ1n) is 9.63. The first-order valence-corrected chi connectivity index (χ1v) is 9.63. The van der Waals surface area contributed by atoms with Gasteiger partial charge in [-0.2, -0.15) is 0 Å². The van der Waals surface area contributed by atoms with Crippen LogP contribution in [0.3, 0.4) is 0 Å². The highest BCUT2D eigenvalue weighted by Gasteiger charge is 2.33. The molecule has 146 valence electrons. The summed E-state index contributed by atoms with van der Waals surface area (Å²) in [5.41, 5.74) is 4.94. The number of nitrogens with zero attached hydrogens (tertiary/aromatic N) is 1. The lowest BCUT2D eigenvalue weighted by atomic mass is 10.00. The van der Waals surface area contributed by atoms with Crippen molar-refractivity contribution in [3.8, 4) is 11.5 Å². The summed E-state index contributed by atoms with van der Waals surface area (Å²) in [6.07, 6.45) is 3.20. The van der Waals surface area contributed by atoms with Gasteiger partial charge in [0.15, 0.2) is 5.76 Å². The number of rotatable bonds is 3. The van der Waals surface area contributed by atoms with Gasteiger partial charge in [-0.1, -0.05) is 29.8 Å². The van der Waals surface area contributed by atoms with Gasteiger partial charge in [0, 0.05) is 30.3 Å². The van der Waals surface area contributed by atoms with Crippen LogP contribution in [0.4, 0.5) is 0 Å². The van der Waals surface area contributed by atoms with E-state index in [0.29, 0.717) is 23.8 Å². The predicted molar refractivity (Wildman–Crippen MR) is 109 cm³/mol. The Hall–Kier alpha value is -3.31. The minimum absolute atomic E-state index is 0.127. The summed E-state index contributed by atoms with van der Waals surface area (Å²) < 4.78 is 17.3. The SMILES string of the molecule is Cc1ccc(CN2COc3c(cc4c(c3C)O/C(=C\c3ccco3)C4=O)C2)cc1. The highest BCUT2D eigenvalue weighted by atomic mass is 16.5. The summed E-state index contributed by atoms with van der Waals surface area (Å²) in [5.74, 6) is 2.13. The number of ether oxygens (including phenoxy) is 2. The number of hydrogen-bond donors (Lipinski definition) is 0. The maximum absolute atomic E-state index is 12.9. The third kappa shape index (κ3) is 3.23. The molecule has 1 aromatic heterocycles. The molecule has 5 heteroatoms. The second kappa shape index (κ2) is 6.94. The molecule has 0 aliphatic carbocycles. The van der Waals surface area contributed by atoms with E-state index < -0.39 is 0 Å². The molecule has 0 saturated carbocycles. The smallest absolute Gasteiger partial charge is 0.232 e. The maximum Gasteiger partial charge on any atom is 0.232 e. The van der Waals surface area contributed by atoms with E-state index in [1.807, 2.05) is 13.0 Å². The van der Waals surface area contributed by atoms with Gasteiger partial charge in [-0.15, -0.1) is 0 Å². The van der Waals surface area contributed by atoms with Crippen LogP contribution in [-0.2, 0) is 13.1 Å². The summed E-state index contributed by atoms with van der Waals surface area (Å²) in [7, 11) is 0. The zero-order valence-electron chi connectivity index (χ0n) is 16.4. The van der Waals surface area contributed by atoms with E-state index in [1.54, 1.807) is 24.5 Å². The molecule has 0 saturated heterocycles. The van der Waals surface area contributed by atoms with Gasteiger partial charge in [0.2, 0.25) is 5.78 Å². The molecule has 3 heterocycles. The number of carbonyl (C=O) groups excluding carboxylic acids is 1. The van der Waals surface area contributed by atoms with Crippen LogP contribution in [-0.4, -0.2) is 17.4 Å². The molecular weight excluding hydrogens is 366 g/mol. The van der Waals surface area contributed by atoms with Gasteiger partial charge >= 0.3 is 0 Å². The van der Waals surface area contributed by atoms with Crippen LogP contribution in [0, 0.1) is 13.8 Å². The van der Waals surface area contributed by atoms with Crippen molar-refractivity contribution in [2.75, 3.05) is 6.73 Å². The van der Waals surface area contributed by atoms with Gasteiger partial charge in [-0.25, -0.2) is 0 Å². The molecule has 0 radical (unpaired) electrons. The first-order chi connectivity index (χ1) is 14.1. The fourth-order valence-electron chi connectivity index (χ4n) is 3.85. The first kappa shape index (κ1) is 17.8. The van der Waals surface area contributed by atoms with E-state index in [0.717, 1.165) is 30.0 Å². The summed E-state index contributed by atoms with van der Waals surface area (Å²) >= 11 is 0. The maximum atomic E-state index is 12.9. The third-order valence-electron chi connectivity index (χ3n) is 5.35. The molecular formula is C24H21NO4. The van der Waals surface area contributed by atoms with Crippen molar-refractivity contribution >= 4 is 11.9 Å². The zero-order chi connectivity index (χ0) is 20.0. The molecule has 0 amide bonds. The molecule has 0 unspecified atom stereocenters. The predicted octanol–water partition coefficient (Wildman–Crippen LogP) is 4.86. The molecule has 5 nitrogen and oxygen atoms in total. The molecule has 2 aliphatic rings. The molecule has 0 spiro atoms. The van der Waals surface area contributed by atoms with Crippen LogP contribution >= 0.6 is 0 Å². The van der Waals surface area contributed by atoms with Gasteiger partial charge in [0.1, 0.15) is 24.0 Å². The van der Waals surface area contributed by atoms with E-state index in [9.17, 15) is 4.79 Å². The number of hydrogen-bond acceptors (Lipinski definition) is 5. The lowest BCUT2D eigenvalue weighted by molar-refractivity contribution is 0.0876. The van der Waals surface area contributed by atoms with Crippen LogP contribution < -0.4 is 9.47 Å². The van der Waals surface area contributed by atoms with E-state index >= 15 is 0 Å². The molecule has 0 N–H and O–H groups in total.